The first-order valence-electron chi connectivity index (χ1n) is 10.9. The summed E-state index contributed by atoms with van der Waals surface area (Å²) in [4.78, 5) is 25.3. The van der Waals surface area contributed by atoms with Gasteiger partial charge >= 0.3 is 0 Å². The van der Waals surface area contributed by atoms with Crippen LogP contribution in [0.2, 0.25) is 0 Å². The van der Waals surface area contributed by atoms with Crippen molar-refractivity contribution in [1.29, 1.82) is 0 Å². The zero-order valence-corrected chi connectivity index (χ0v) is 20.3. The van der Waals surface area contributed by atoms with Gasteiger partial charge in [-0.05, 0) is 30.2 Å². The highest BCUT2D eigenvalue weighted by atomic mass is 32.2. The number of hydrogen-bond acceptors (Lipinski definition) is 6. The fourth-order valence-corrected chi connectivity index (χ4v) is 4.10. The molecule has 0 aliphatic rings. The van der Waals surface area contributed by atoms with Crippen molar-refractivity contribution < 1.29 is 14.3 Å². The van der Waals surface area contributed by atoms with E-state index in [4.69, 9.17) is 4.74 Å². The van der Waals surface area contributed by atoms with E-state index in [1.807, 2.05) is 48.7 Å². The Morgan fingerprint density at radius 2 is 1.82 bits per heavy atom. The molecule has 1 heterocycles. The summed E-state index contributed by atoms with van der Waals surface area (Å²) in [5, 5.41) is 15.2. The number of rotatable bonds is 11. The average Bonchev–Trinajstić information content (AvgIpc) is 3.24. The van der Waals surface area contributed by atoms with Gasteiger partial charge in [0, 0.05) is 12.1 Å². The minimum absolute atomic E-state index is 0.0621. The van der Waals surface area contributed by atoms with Gasteiger partial charge in [-0.2, -0.15) is 0 Å². The van der Waals surface area contributed by atoms with Crippen LogP contribution in [-0.2, 0) is 11.3 Å². The van der Waals surface area contributed by atoms with E-state index in [1.54, 1.807) is 37.5 Å². The molecule has 9 heteroatoms. The lowest BCUT2D eigenvalue weighted by molar-refractivity contribution is -0.113. The Morgan fingerprint density at radius 3 is 2.50 bits per heavy atom. The van der Waals surface area contributed by atoms with Crippen LogP contribution in [0.4, 0.5) is 5.69 Å². The summed E-state index contributed by atoms with van der Waals surface area (Å²) in [6.07, 6.45) is 1.74. The van der Waals surface area contributed by atoms with Gasteiger partial charge in [0.15, 0.2) is 11.0 Å². The number of methoxy groups -OCH3 is 1. The maximum absolute atomic E-state index is 12.8. The highest BCUT2D eigenvalue weighted by Gasteiger charge is 2.26. The van der Waals surface area contributed by atoms with Gasteiger partial charge < -0.3 is 19.9 Å². The molecule has 34 heavy (non-hydrogen) atoms. The number of amides is 2. The van der Waals surface area contributed by atoms with E-state index in [0.717, 1.165) is 0 Å². The van der Waals surface area contributed by atoms with Crippen LogP contribution in [0.5, 0.6) is 5.75 Å². The van der Waals surface area contributed by atoms with Crippen LogP contribution in [0.1, 0.15) is 36.1 Å². The van der Waals surface area contributed by atoms with Crippen molar-refractivity contribution in [1.82, 2.24) is 20.1 Å². The molecule has 0 saturated carbocycles. The number of benzene rings is 2. The predicted molar refractivity (Wildman–Crippen MR) is 134 cm³/mol. The number of anilines is 1. The molecule has 178 valence electrons. The maximum Gasteiger partial charge on any atom is 0.251 e. The molecular weight excluding hydrogens is 450 g/mol. The first kappa shape index (κ1) is 25.0. The van der Waals surface area contributed by atoms with E-state index in [0.29, 0.717) is 34.5 Å². The lowest BCUT2D eigenvalue weighted by Crippen LogP contribution is -2.33. The van der Waals surface area contributed by atoms with Crippen LogP contribution in [0.15, 0.2) is 72.4 Å². The Balaban J connectivity index is 1.75. The standard InChI is InChI=1S/C25H29N5O3S/c1-5-15-30-23(22(17(2)3)27-24(32)18-11-7-6-8-12-18)28-29-25(30)34-16-21(31)26-19-13-9-10-14-20(19)33-4/h5-14,17,22H,1,15-16H2,2-4H3,(H,26,31)(H,27,32)/t22-/m0/s1. The molecule has 0 bridgehead atoms. The van der Waals surface area contributed by atoms with Gasteiger partial charge in [-0.1, -0.05) is 62.0 Å². The minimum atomic E-state index is -0.364. The first-order chi connectivity index (χ1) is 16.4. The highest BCUT2D eigenvalue weighted by molar-refractivity contribution is 7.99. The van der Waals surface area contributed by atoms with Crippen molar-refractivity contribution in [2.45, 2.75) is 31.6 Å². The van der Waals surface area contributed by atoms with Gasteiger partial charge in [-0.25, -0.2) is 0 Å². The lowest BCUT2D eigenvalue weighted by atomic mass is 10.0. The number of thioether (sulfide) groups is 1. The fraction of sp³-hybridized carbons (Fsp3) is 0.280. The SMILES string of the molecule is C=CCn1c(SCC(=O)Nc2ccccc2OC)nnc1[C@@H](NC(=O)c1ccccc1)C(C)C. The van der Waals surface area contributed by atoms with Gasteiger partial charge in [0.25, 0.3) is 5.91 Å². The third kappa shape index (κ3) is 6.26. The number of nitrogens with one attached hydrogen (secondary N) is 2. The number of allylic oxidation sites excluding steroid dienone is 1. The molecule has 0 spiro atoms. The summed E-state index contributed by atoms with van der Waals surface area (Å²) < 4.78 is 7.16. The Morgan fingerprint density at radius 1 is 1.12 bits per heavy atom. The molecule has 2 aromatic carbocycles. The smallest absolute Gasteiger partial charge is 0.251 e. The molecule has 0 fully saturated rings. The minimum Gasteiger partial charge on any atom is -0.495 e. The second kappa shape index (κ2) is 12.0. The monoisotopic (exact) mass is 479 g/mol. The summed E-state index contributed by atoms with van der Waals surface area (Å²) in [5.74, 6) is 1.03. The third-order valence-corrected chi connectivity index (χ3v) is 6.00. The number of carbonyl (C=O) groups is 2. The third-order valence-electron chi connectivity index (χ3n) is 5.04. The van der Waals surface area contributed by atoms with Crippen LogP contribution in [-0.4, -0.2) is 39.4 Å². The second-order valence-corrected chi connectivity index (χ2v) is 8.78. The van der Waals surface area contributed by atoms with Crippen molar-refractivity contribution in [3.05, 3.63) is 78.6 Å². The van der Waals surface area contributed by atoms with Crippen molar-refractivity contribution >= 4 is 29.3 Å². The number of hydrogen-bond donors (Lipinski definition) is 2. The number of carbonyl (C=O) groups excluding carboxylic acids is 2. The molecule has 0 radical (unpaired) electrons. The topological polar surface area (TPSA) is 98.1 Å². The fourth-order valence-electron chi connectivity index (χ4n) is 3.35. The normalized spacial score (nSPS) is 11.6. The molecule has 3 aromatic rings. The largest absolute Gasteiger partial charge is 0.495 e. The number of ether oxygens (including phenoxy) is 1. The van der Waals surface area contributed by atoms with Gasteiger partial charge in [0.1, 0.15) is 5.75 Å². The van der Waals surface area contributed by atoms with E-state index < -0.39 is 0 Å². The summed E-state index contributed by atoms with van der Waals surface area (Å²) in [6.45, 7) is 8.30. The first-order valence-corrected chi connectivity index (χ1v) is 11.9. The molecule has 8 nitrogen and oxygen atoms in total. The van der Waals surface area contributed by atoms with Crippen LogP contribution in [0.3, 0.4) is 0 Å². The quantitative estimate of drug-likeness (QED) is 0.314. The number of aromatic nitrogens is 3. The second-order valence-electron chi connectivity index (χ2n) is 7.84. The van der Waals surface area contributed by atoms with E-state index >= 15 is 0 Å². The van der Waals surface area contributed by atoms with Crippen LogP contribution < -0.4 is 15.4 Å². The van der Waals surface area contributed by atoms with Gasteiger partial charge in [-0.3, -0.25) is 9.59 Å². The molecule has 0 aliphatic carbocycles. The Kier molecular flexibility index (Phi) is 8.86. The number of nitrogens with zero attached hydrogens (tertiary/aromatic N) is 3. The molecule has 3 rings (SSSR count). The Labute approximate surface area is 203 Å². The van der Waals surface area contributed by atoms with Gasteiger partial charge in [-0.15, -0.1) is 16.8 Å². The maximum atomic E-state index is 12.8. The lowest BCUT2D eigenvalue weighted by Gasteiger charge is -2.22. The zero-order valence-electron chi connectivity index (χ0n) is 19.5. The van der Waals surface area contributed by atoms with Crippen LogP contribution >= 0.6 is 11.8 Å². The predicted octanol–water partition coefficient (Wildman–Crippen LogP) is 4.33. The average molecular weight is 480 g/mol. The van der Waals surface area contributed by atoms with Crippen LogP contribution in [0.25, 0.3) is 0 Å². The van der Waals surface area contributed by atoms with E-state index in [1.165, 1.54) is 11.8 Å². The molecular formula is C25H29N5O3S. The molecule has 2 amide bonds. The summed E-state index contributed by atoms with van der Waals surface area (Å²) >= 11 is 1.27. The molecule has 0 aliphatic heterocycles. The molecule has 0 unspecified atom stereocenters. The zero-order chi connectivity index (χ0) is 24.5. The van der Waals surface area contributed by atoms with Crippen molar-refractivity contribution in [3.8, 4) is 5.75 Å². The van der Waals surface area contributed by atoms with Gasteiger partial charge in [0.05, 0.1) is 24.6 Å². The number of para-hydroxylation sites is 2. The molecule has 0 saturated heterocycles. The Bertz CT molecular complexity index is 1130. The van der Waals surface area contributed by atoms with Crippen LogP contribution in [0, 0.1) is 5.92 Å². The van der Waals surface area contributed by atoms with E-state index in [2.05, 4.69) is 27.4 Å². The summed E-state index contributed by atoms with van der Waals surface area (Å²) in [5.41, 5.74) is 1.18. The highest BCUT2D eigenvalue weighted by Crippen LogP contribution is 2.27. The van der Waals surface area contributed by atoms with Crippen molar-refractivity contribution in [2.75, 3.05) is 18.2 Å². The molecule has 2 N–H and O–H groups in total. The Hall–Kier alpha value is -3.59. The van der Waals surface area contributed by atoms with Gasteiger partial charge in [0.2, 0.25) is 5.91 Å². The molecule has 1 atom stereocenters. The summed E-state index contributed by atoms with van der Waals surface area (Å²) in [7, 11) is 1.56. The summed E-state index contributed by atoms with van der Waals surface area (Å²) in [6, 6.07) is 15.9. The van der Waals surface area contributed by atoms with E-state index in [9.17, 15) is 9.59 Å². The van der Waals surface area contributed by atoms with Crippen molar-refractivity contribution in [2.24, 2.45) is 5.92 Å². The van der Waals surface area contributed by atoms with E-state index in [-0.39, 0.29) is 29.5 Å². The van der Waals surface area contributed by atoms with Crippen molar-refractivity contribution in [3.63, 3.8) is 0 Å². The molecule has 1 aromatic heterocycles.